The molecule has 0 bridgehead atoms. The summed E-state index contributed by atoms with van der Waals surface area (Å²) in [5, 5.41) is 13.2. The van der Waals surface area contributed by atoms with E-state index in [1.54, 1.807) is 60.6 Å². The molecule has 2 aromatic rings. The molecule has 1 aromatic heterocycles. The van der Waals surface area contributed by atoms with Gasteiger partial charge in [0.25, 0.3) is 0 Å². The number of nitrogens with one attached hydrogen (secondary N) is 3. The molecule has 1 fully saturated rings. The number of likely N-dealkylation sites (tertiary alicyclic amines) is 1. The molecule has 2 heterocycles. The van der Waals surface area contributed by atoms with E-state index >= 15 is 0 Å². The first kappa shape index (κ1) is 24.7. The minimum Gasteiger partial charge on any atom is -0.466 e. The normalized spacial score (nSPS) is 16.3. The van der Waals surface area contributed by atoms with Gasteiger partial charge in [-0.2, -0.15) is 0 Å². The maximum atomic E-state index is 13.1. The number of ether oxygens (including phenoxy) is 1. The summed E-state index contributed by atoms with van der Waals surface area (Å²) < 4.78 is 5.06. The van der Waals surface area contributed by atoms with Gasteiger partial charge in [-0.3, -0.25) is 20.0 Å². The number of urea groups is 1. The van der Waals surface area contributed by atoms with E-state index in [9.17, 15) is 14.4 Å². The number of amides is 3. The topological polar surface area (TPSA) is 150 Å². The Balaban J connectivity index is 1.62. The third-order valence-electron chi connectivity index (χ3n) is 5.61. The van der Waals surface area contributed by atoms with Crippen molar-refractivity contribution < 1.29 is 19.1 Å². The average molecular weight is 467 g/mol. The number of nitrogens with zero attached hydrogens (tertiary/aromatic N) is 2. The monoisotopic (exact) mass is 466 g/mol. The number of amidine groups is 1. The Morgan fingerprint density at radius 3 is 2.68 bits per heavy atom. The Morgan fingerprint density at radius 1 is 1.26 bits per heavy atom. The second-order valence-electron chi connectivity index (χ2n) is 8.06. The number of benzene rings is 1. The molecule has 10 heteroatoms. The first-order valence-electron chi connectivity index (χ1n) is 11.2. The Bertz CT molecular complexity index is 1010. The second kappa shape index (κ2) is 11.8. The first-order chi connectivity index (χ1) is 16.4. The molecule has 180 valence electrons. The van der Waals surface area contributed by atoms with Crippen LogP contribution in [0.4, 0.5) is 10.5 Å². The molecule has 1 aliphatic rings. The molecule has 0 radical (unpaired) electrons. The molecule has 1 aromatic carbocycles. The predicted octanol–water partition coefficient (Wildman–Crippen LogP) is 2.42. The molecule has 1 saturated heterocycles. The lowest BCUT2D eigenvalue weighted by Gasteiger charge is -2.33. The zero-order valence-corrected chi connectivity index (χ0v) is 19.1. The third-order valence-corrected chi connectivity index (χ3v) is 5.61. The largest absolute Gasteiger partial charge is 0.466 e. The molecule has 2 unspecified atom stereocenters. The lowest BCUT2D eigenvalue weighted by atomic mass is 9.96. The molecule has 1 aliphatic heterocycles. The number of nitrogens with two attached hydrogens (primary N) is 1. The number of carbonyl (C=O) groups excluding carboxylic acids is 3. The molecular formula is C24H30N6O4. The van der Waals surface area contributed by atoms with Crippen molar-refractivity contribution in [2.24, 2.45) is 11.7 Å². The molecule has 3 amide bonds. The molecule has 3 rings (SSSR count). The van der Waals surface area contributed by atoms with Crippen LogP contribution in [0.1, 0.15) is 43.4 Å². The Hall–Kier alpha value is -3.95. The number of anilines is 1. The molecule has 2 atom stereocenters. The fourth-order valence-electron chi connectivity index (χ4n) is 3.82. The van der Waals surface area contributed by atoms with Gasteiger partial charge in [0, 0.05) is 36.7 Å². The molecule has 0 aliphatic carbocycles. The number of hydrogen-bond acceptors (Lipinski definition) is 6. The lowest BCUT2D eigenvalue weighted by Crippen LogP contribution is -2.47. The van der Waals surface area contributed by atoms with Crippen LogP contribution in [-0.2, 0) is 14.3 Å². The summed E-state index contributed by atoms with van der Waals surface area (Å²) in [5.41, 5.74) is 7.32. The molecule has 5 N–H and O–H groups in total. The van der Waals surface area contributed by atoms with Gasteiger partial charge in [-0.25, -0.2) is 4.79 Å². The predicted molar refractivity (Wildman–Crippen MR) is 127 cm³/mol. The van der Waals surface area contributed by atoms with Crippen molar-refractivity contribution in [3.63, 3.8) is 0 Å². The third kappa shape index (κ3) is 6.77. The van der Waals surface area contributed by atoms with Crippen LogP contribution in [0.3, 0.4) is 0 Å². The molecule has 34 heavy (non-hydrogen) atoms. The number of nitrogen functional groups attached to an aromatic ring is 1. The highest BCUT2D eigenvalue weighted by molar-refractivity contribution is 5.96. The fraction of sp³-hybridized carbons (Fsp3) is 0.375. The van der Waals surface area contributed by atoms with Crippen LogP contribution < -0.4 is 16.4 Å². The zero-order chi connectivity index (χ0) is 24.5. The Labute approximate surface area is 198 Å². The van der Waals surface area contributed by atoms with Crippen LogP contribution in [0.2, 0.25) is 0 Å². The molecule has 0 saturated carbocycles. The molecule has 0 spiro atoms. The first-order valence-corrected chi connectivity index (χ1v) is 11.2. The summed E-state index contributed by atoms with van der Waals surface area (Å²) in [6.45, 7) is 2.80. The van der Waals surface area contributed by atoms with Crippen molar-refractivity contribution >= 4 is 29.4 Å². The van der Waals surface area contributed by atoms with Crippen molar-refractivity contribution in [2.75, 3.05) is 25.0 Å². The number of aromatic nitrogens is 1. The van der Waals surface area contributed by atoms with Crippen molar-refractivity contribution in [3.8, 4) is 0 Å². The van der Waals surface area contributed by atoms with Crippen LogP contribution in [0.25, 0.3) is 0 Å². The highest BCUT2D eigenvalue weighted by Gasteiger charge is 2.30. The van der Waals surface area contributed by atoms with Gasteiger partial charge in [0.05, 0.1) is 25.0 Å². The van der Waals surface area contributed by atoms with E-state index < -0.39 is 17.9 Å². The van der Waals surface area contributed by atoms with Crippen molar-refractivity contribution in [1.82, 2.24) is 15.2 Å². The number of carbonyl (C=O) groups is 3. The Kier molecular flexibility index (Phi) is 8.55. The van der Waals surface area contributed by atoms with Gasteiger partial charge in [0.1, 0.15) is 5.84 Å². The molecule has 10 nitrogen and oxygen atoms in total. The van der Waals surface area contributed by atoms with Crippen LogP contribution in [0.15, 0.2) is 48.8 Å². The summed E-state index contributed by atoms with van der Waals surface area (Å²) in [6, 6.07) is 9.35. The van der Waals surface area contributed by atoms with Gasteiger partial charge in [-0.15, -0.1) is 0 Å². The minimum atomic E-state index is -0.566. The number of piperidine rings is 1. The summed E-state index contributed by atoms with van der Waals surface area (Å²) in [7, 11) is 0. The number of esters is 1. The maximum absolute atomic E-state index is 13.1. The van der Waals surface area contributed by atoms with Gasteiger partial charge in [0.2, 0.25) is 5.91 Å². The lowest BCUT2D eigenvalue weighted by molar-refractivity contribution is -0.144. The highest BCUT2D eigenvalue weighted by atomic mass is 16.5. The van der Waals surface area contributed by atoms with E-state index in [1.807, 2.05) is 0 Å². The SMILES string of the molecule is CCOC(=O)CC(NC(=O)C1CCCN(C(=O)Nc2ccc(C(=N)N)cc2)C1)c1cccnc1. The van der Waals surface area contributed by atoms with Gasteiger partial charge in [0.15, 0.2) is 0 Å². The minimum absolute atomic E-state index is 0.00154. The quantitative estimate of drug-likeness (QED) is 0.266. The van der Waals surface area contributed by atoms with Crippen LogP contribution >= 0.6 is 0 Å². The maximum Gasteiger partial charge on any atom is 0.321 e. The summed E-state index contributed by atoms with van der Waals surface area (Å²) >= 11 is 0. The number of pyridine rings is 1. The van der Waals surface area contributed by atoms with Crippen molar-refractivity contribution in [1.29, 1.82) is 5.41 Å². The van der Waals surface area contributed by atoms with E-state index in [4.69, 9.17) is 15.9 Å². The standard InChI is InChI=1S/C24H30N6O4/c1-2-34-21(31)13-20(17-5-3-11-27-14-17)29-23(32)18-6-4-12-30(15-18)24(33)28-19-9-7-16(8-10-19)22(25)26/h3,5,7-11,14,18,20H,2,4,6,12-13,15H2,1H3,(H3,25,26)(H,28,33)(H,29,32). The van der Waals surface area contributed by atoms with Crippen LogP contribution in [0, 0.1) is 11.3 Å². The van der Waals surface area contributed by atoms with Gasteiger partial charge < -0.3 is 26.0 Å². The van der Waals surface area contributed by atoms with E-state index in [1.165, 1.54) is 0 Å². The average Bonchev–Trinajstić information content (AvgIpc) is 2.84. The Morgan fingerprint density at radius 2 is 2.03 bits per heavy atom. The fourth-order valence-corrected chi connectivity index (χ4v) is 3.82. The summed E-state index contributed by atoms with van der Waals surface area (Å²) in [6.07, 6.45) is 4.56. The number of hydrogen-bond donors (Lipinski definition) is 4. The van der Waals surface area contributed by atoms with Crippen LogP contribution in [0.5, 0.6) is 0 Å². The van der Waals surface area contributed by atoms with Gasteiger partial charge in [-0.05, 0) is 55.7 Å². The van der Waals surface area contributed by atoms with Crippen LogP contribution in [-0.4, -0.2) is 53.3 Å². The van der Waals surface area contributed by atoms with E-state index in [2.05, 4.69) is 15.6 Å². The van der Waals surface area contributed by atoms with Gasteiger partial charge in [-0.1, -0.05) is 6.07 Å². The highest BCUT2D eigenvalue weighted by Crippen LogP contribution is 2.22. The summed E-state index contributed by atoms with van der Waals surface area (Å²) in [4.78, 5) is 43.6. The second-order valence-corrected chi connectivity index (χ2v) is 8.06. The van der Waals surface area contributed by atoms with Crippen molar-refractivity contribution in [2.45, 2.75) is 32.2 Å². The van der Waals surface area contributed by atoms with Gasteiger partial charge >= 0.3 is 12.0 Å². The zero-order valence-electron chi connectivity index (χ0n) is 19.1. The van der Waals surface area contributed by atoms with E-state index in [-0.39, 0.29) is 37.3 Å². The van der Waals surface area contributed by atoms with E-state index in [0.29, 0.717) is 36.2 Å². The molecular weight excluding hydrogens is 436 g/mol. The smallest absolute Gasteiger partial charge is 0.321 e. The van der Waals surface area contributed by atoms with Crippen molar-refractivity contribution in [3.05, 3.63) is 59.9 Å². The summed E-state index contributed by atoms with van der Waals surface area (Å²) in [5.74, 6) is -1.07. The number of rotatable bonds is 8. The van der Waals surface area contributed by atoms with E-state index in [0.717, 1.165) is 0 Å².